The van der Waals surface area contributed by atoms with Gasteiger partial charge in [0.15, 0.2) is 0 Å². The van der Waals surface area contributed by atoms with Crippen LogP contribution in [0.1, 0.15) is 50.3 Å². The lowest BCUT2D eigenvalue weighted by atomic mass is 9.96. The van der Waals surface area contributed by atoms with Crippen molar-refractivity contribution >= 4 is 35.2 Å². The molecule has 1 saturated carbocycles. The first-order valence-corrected chi connectivity index (χ1v) is 12.1. The molecule has 10 heteroatoms. The second-order valence-corrected chi connectivity index (χ2v) is 9.83. The molecule has 2 N–H and O–H groups in total. The summed E-state index contributed by atoms with van der Waals surface area (Å²) in [6.07, 6.45) is 1.41. The summed E-state index contributed by atoms with van der Waals surface area (Å²) in [6.45, 7) is 7.81. The van der Waals surface area contributed by atoms with Crippen molar-refractivity contribution in [2.24, 2.45) is 0 Å². The highest BCUT2D eigenvalue weighted by Crippen LogP contribution is 2.44. The van der Waals surface area contributed by atoms with Gasteiger partial charge in [-0.2, -0.15) is 0 Å². The van der Waals surface area contributed by atoms with Crippen molar-refractivity contribution in [3.63, 3.8) is 0 Å². The van der Waals surface area contributed by atoms with E-state index in [9.17, 15) is 9.59 Å². The molecule has 180 valence electrons. The van der Waals surface area contributed by atoms with E-state index < -0.39 is 12.2 Å². The number of amides is 2. The lowest BCUT2D eigenvalue weighted by Gasteiger charge is -2.38. The molecule has 5 rings (SSSR count). The monoisotopic (exact) mass is 484 g/mol. The smallest absolute Gasteiger partial charge is 0.413 e. The molecule has 0 bridgehead atoms. The van der Waals surface area contributed by atoms with E-state index in [0.717, 1.165) is 23.4 Å². The summed E-state index contributed by atoms with van der Waals surface area (Å²) in [4.78, 5) is 38.5. The quantitative estimate of drug-likeness (QED) is 0.648. The number of aromatic nitrogens is 2. The molecule has 4 atom stereocenters. The van der Waals surface area contributed by atoms with Gasteiger partial charge in [-0.15, -0.1) is 0 Å². The molecule has 1 saturated heterocycles. The van der Waals surface area contributed by atoms with Crippen molar-refractivity contribution in [2.75, 3.05) is 29.9 Å². The number of rotatable bonds is 6. The van der Waals surface area contributed by atoms with Crippen LogP contribution in [0.15, 0.2) is 30.6 Å². The number of hydrogen-bond donors (Lipinski definition) is 2. The van der Waals surface area contributed by atoms with Gasteiger partial charge in [0.25, 0.3) is 0 Å². The van der Waals surface area contributed by atoms with Gasteiger partial charge < -0.3 is 19.9 Å². The van der Waals surface area contributed by atoms with E-state index in [1.165, 1.54) is 6.33 Å². The van der Waals surface area contributed by atoms with E-state index in [1.807, 2.05) is 36.1 Å². The zero-order valence-electron chi connectivity index (χ0n) is 19.5. The third-order valence-corrected chi connectivity index (χ3v) is 6.99. The van der Waals surface area contributed by atoms with Crippen molar-refractivity contribution in [2.45, 2.75) is 57.3 Å². The minimum Gasteiger partial charge on any atom is -0.441 e. The lowest BCUT2D eigenvalue weighted by Crippen LogP contribution is -2.51. The Morgan fingerprint density at radius 3 is 2.74 bits per heavy atom. The zero-order chi connectivity index (χ0) is 24.0. The number of anilines is 2. The average molecular weight is 485 g/mol. The molecule has 2 amide bonds. The van der Waals surface area contributed by atoms with E-state index in [1.54, 1.807) is 0 Å². The van der Waals surface area contributed by atoms with Crippen LogP contribution in [0.3, 0.4) is 0 Å². The molecular weight excluding hydrogens is 456 g/mol. The molecule has 0 spiro atoms. The molecule has 2 fully saturated rings. The maximum absolute atomic E-state index is 13.7. The largest absolute Gasteiger partial charge is 0.441 e. The number of carbonyl (C=O) groups excluding carboxylic acids is 2. The van der Waals surface area contributed by atoms with Crippen molar-refractivity contribution in [3.05, 3.63) is 46.7 Å². The van der Waals surface area contributed by atoms with E-state index in [0.29, 0.717) is 30.5 Å². The summed E-state index contributed by atoms with van der Waals surface area (Å²) < 4.78 is 5.35. The van der Waals surface area contributed by atoms with E-state index in [2.05, 4.69) is 39.3 Å². The van der Waals surface area contributed by atoms with E-state index in [4.69, 9.17) is 16.3 Å². The van der Waals surface area contributed by atoms with Crippen LogP contribution < -0.4 is 15.5 Å². The van der Waals surface area contributed by atoms with Gasteiger partial charge in [-0.05, 0) is 31.0 Å². The Kier molecular flexibility index (Phi) is 6.07. The summed E-state index contributed by atoms with van der Waals surface area (Å²) in [5, 5.41) is 6.75. The number of halogens is 1. The van der Waals surface area contributed by atoms with Gasteiger partial charge in [-0.1, -0.05) is 37.6 Å². The predicted octanol–water partition coefficient (Wildman–Crippen LogP) is 3.32. The second kappa shape index (κ2) is 9.03. The molecule has 9 nitrogen and oxygen atoms in total. The van der Waals surface area contributed by atoms with E-state index in [-0.39, 0.29) is 30.0 Å². The van der Waals surface area contributed by atoms with Gasteiger partial charge in [-0.25, -0.2) is 14.8 Å². The first-order valence-electron chi connectivity index (χ1n) is 11.7. The maximum Gasteiger partial charge on any atom is 0.413 e. The summed E-state index contributed by atoms with van der Waals surface area (Å²) in [6, 6.07) is 8.16. The van der Waals surface area contributed by atoms with Gasteiger partial charge in [0.2, 0.25) is 5.91 Å². The van der Waals surface area contributed by atoms with Crippen LogP contribution in [-0.2, 0) is 9.53 Å². The number of benzene rings is 1. The van der Waals surface area contributed by atoms with Gasteiger partial charge >= 0.3 is 6.09 Å². The Labute approximate surface area is 203 Å². The molecule has 2 unspecified atom stereocenters. The number of carbonyl (C=O) groups is 2. The van der Waals surface area contributed by atoms with Crippen molar-refractivity contribution in [1.29, 1.82) is 0 Å². The van der Waals surface area contributed by atoms with Crippen LogP contribution in [0.2, 0.25) is 5.02 Å². The third kappa shape index (κ3) is 4.30. The van der Waals surface area contributed by atoms with Gasteiger partial charge in [0.1, 0.15) is 24.1 Å². The molecule has 1 aromatic heterocycles. The molecule has 34 heavy (non-hydrogen) atoms. The first-order chi connectivity index (χ1) is 16.3. The predicted molar refractivity (Wildman–Crippen MR) is 129 cm³/mol. The number of ether oxygens (including phenoxy) is 1. The molecule has 2 aliphatic heterocycles. The fourth-order valence-corrected chi connectivity index (χ4v) is 5.08. The SMILES string of the molecule is CC(C)NC[C@@H](C(=O)N1CCN(c2ncnc3c2[C@H](C)OC(=O)N3)C2CC21)c1ccc(Cl)cc1. The summed E-state index contributed by atoms with van der Waals surface area (Å²) in [7, 11) is 0. The van der Waals surface area contributed by atoms with Crippen LogP contribution >= 0.6 is 11.6 Å². The Hall–Kier alpha value is -2.91. The van der Waals surface area contributed by atoms with Crippen LogP contribution in [0.4, 0.5) is 16.4 Å². The topological polar surface area (TPSA) is 99.7 Å². The van der Waals surface area contributed by atoms with Crippen molar-refractivity contribution in [3.8, 4) is 0 Å². The Balaban J connectivity index is 1.35. The standard InChI is InChI=1S/C24H29ClN6O3/c1-13(2)26-11-17(15-4-6-16(25)7-5-15)23(32)31-9-8-30(18-10-19(18)31)22-20-14(3)34-24(33)29-21(20)27-12-28-22/h4-7,12-14,17-19,26H,8-11H2,1-3H3,(H,27,28,29,33)/t14-,17+,18?,19?/m0/s1. The van der Waals surface area contributed by atoms with Gasteiger partial charge in [-0.3, -0.25) is 10.1 Å². The maximum atomic E-state index is 13.7. The molecule has 2 aromatic rings. The second-order valence-electron chi connectivity index (χ2n) is 9.39. The molecule has 1 aromatic carbocycles. The van der Waals surface area contributed by atoms with Crippen molar-refractivity contribution in [1.82, 2.24) is 20.2 Å². The summed E-state index contributed by atoms with van der Waals surface area (Å²) in [5.74, 6) is 1.12. The van der Waals surface area contributed by atoms with Crippen LogP contribution in [0.25, 0.3) is 0 Å². The Morgan fingerprint density at radius 1 is 1.24 bits per heavy atom. The minimum atomic E-state index is -0.507. The Bertz CT molecular complexity index is 1090. The van der Waals surface area contributed by atoms with Crippen LogP contribution in [0, 0.1) is 0 Å². The number of piperazine rings is 1. The van der Waals surface area contributed by atoms with Crippen LogP contribution in [0.5, 0.6) is 0 Å². The lowest BCUT2D eigenvalue weighted by molar-refractivity contribution is -0.133. The van der Waals surface area contributed by atoms with Crippen molar-refractivity contribution < 1.29 is 14.3 Å². The first kappa shape index (κ1) is 22.9. The minimum absolute atomic E-state index is 0.134. The summed E-state index contributed by atoms with van der Waals surface area (Å²) in [5.41, 5.74) is 1.75. The highest BCUT2D eigenvalue weighted by atomic mass is 35.5. The number of cyclic esters (lactones) is 1. The zero-order valence-corrected chi connectivity index (χ0v) is 20.2. The number of hydrogen-bond acceptors (Lipinski definition) is 7. The van der Waals surface area contributed by atoms with Gasteiger partial charge in [0.05, 0.1) is 23.6 Å². The molecule has 3 heterocycles. The van der Waals surface area contributed by atoms with Crippen LogP contribution in [-0.4, -0.2) is 64.6 Å². The molecular formula is C24H29ClN6O3. The highest BCUT2D eigenvalue weighted by molar-refractivity contribution is 6.30. The number of nitrogens with one attached hydrogen (secondary N) is 2. The molecule has 0 radical (unpaired) electrons. The van der Waals surface area contributed by atoms with Gasteiger partial charge in [0, 0.05) is 30.7 Å². The molecule has 1 aliphatic carbocycles. The molecule has 3 aliphatic rings. The normalized spacial score (nSPS) is 24.1. The number of nitrogens with zero attached hydrogens (tertiary/aromatic N) is 4. The summed E-state index contributed by atoms with van der Waals surface area (Å²) >= 11 is 6.09. The highest BCUT2D eigenvalue weighted by Gasteiger charge is 2.52. The van der Waals surface area contributed by atoms with E-state index >= 15 is 0 Å². The fraction of sp³-hybridized carbons (Fsp3) is 0.500. The Morgan fingerprint density at radius 2 is 2.00 bits per heavy atom. The fourth-order valence-electron chi connectivity index (χ4n) is 4.95. The average Bonchev–Trinajstić information content (AvgIpc) is 3.60. The third-order valence-electron chi connectivity index (χ3n) is 6.74. The number of fused-ring (bicyclic) bond motifs is 2.